The van der Waals surface area contributed by atoms with Crippen LogP contribution in [0.5, 0.6) is 0 Å². The lowest BCUT2D eigenvalue weighted by atomic mass is 10.0. The number of nitrogens with zero attached hydrogens (tertiary/aromatic N) is 4. The van der Waals surface area contributed by atoms with Crippen LogP contribution >= 0.6 is 0 Å². The first-order chi connectivity index (χ1) is 15.0. The van der Waals surface area contributed by atoms with Crippen molar-refractivity contribution in [3.05, 3.63) is 92.9 Å². The Kier molecular flexibility index (Phi) is 4.62. The summed E-state index contributed by atoms with van der Waals surface area (Å²) in [6.45, 7) is 3.57. The molecule has 7 nitrogen and oxygen atoms in total. The predicted molar refractivity (Wildman–Crippen MR) is 113 cm³/mol. The number of benzene rings is 2. The smallest absolute Gasteiger partial charge is 0.272 e. The minimum Gasteiger partial charge on any atom is -0.328 e. The number of halogens is 1. The molecule has 156 valence electrons. The number of H-pyrrole nitrogens is 1. The lowest BCUT2D eigenvalue weighted by Gasteiger charge is -2.17. The third-order valence-corrected chi connectivity index (χ3v) is 5.65. The number of carbonyl (C=O) groups excluding carboxylic acids is 1. The Balaban J connectivity index is 1.42. The molecule has 0 radical (unpaired) electrons. The molecule has 1 N–H and O–H groups in total. The van der Waals surface area contributed by atoms with Crippen LogP contribution in [0.15, 0.2) is 53.5 Å². The SMILES string of the molecule is CCn1cc2c(n1)CN(C(=O)c1cc(Cc3n[nH]c(=O)c4ccccc34)ccc1F)C2. The van der Waals surface area contributed by atoms with Gasteiger partial charge in [0.05, 0.1) is 28.9 Å². The van der Waals surface area contributed by atoms with E-state index < -0.39 is 5.82 Å². The number of aromatic nitrogens is 4. The van der Waals surface area contributed by atoms with Crippen molar-refractivity contribution < 1.29 is 9.18 Å². The molecule has 0 unspecified atom stereocenters. The highest BCUT2D eigenvalue weighted by Crippen LogP contribution is 2.25. The molecule has 1 aliphatic rings. The zero-order valence-corrected chi connectivity index (χ0v) is 16.9. The van der Waals surface area contributed by atoms with E-state index in [4.69, 9.17) is 0 Å². The van der Waals surface area contributed by atoms with E-state index in [0.717, 1.165) is 28.8 Å². The first-order valence-electron chi connectivity index (χ1n) is 10.1. The molecule has 2 aromatic heterocycles. The fourth-order valence-corrected chi connectivity index (χ4v) is 4.03. The summed E-state index contributed by atoms with van der Waals surface area (Å²) < 4.78 is 16.4. The van der Waals surface area contributed by atoms with E-state index in [9.17, 15) is 14.0 Å². The van der Waals surface area contributed by atoms with E-state index >= 15 is 0 Å². The van der Waals surface area contributed by atoms with Crippen molar-refractivity contribution in [2.75, 3.05) is 0 Å². The first kappa shape index (κ1) is 19.2. The minimum absolute atomic E-state index is 0.0275. The van der Waals surface area contributed by atoms with Crippen molar-refractivity contribution in [3.63, 3.8) is 0 Å². The zero-order chi connectivity index (χ0) is 21.5. The van der Waals surface area contributed by atoms with E-state index in [1.54, 1.807) is 29.2 Å². The quantitative estimate of drug-likeness (QED) is 0.553. The maximum atomic E-state index is 14.6. The van der Waals surface area contributed by atoms with Gasteiger partial charge in [0.2, 0.25) is 0 Å². The molecule has 0 atom stereocenters. The van der Waals surface area contributed by atoms with E-state index in [0.29, 0.717) is 30.6 Å². The van der Waals surface area contributed by atoms with Crippen LogP contribution in [0.1, 0.15) is 39.8 Å². The van der Waals surface area contributed by atoms with Crippen LogP contribution in [-0.4, -0.2) is 30.8 Å². The van der Waals surface area contributed by atoms with Crippen LogP contribution in [0, 0.1) is 5.82 Å². The number of fused-ring (bicyclic) bond motifs is 2. The van der Waals surface area contributed by atoms with Crippen LogP contribution in [0.4, 0.5) is 4.39 Å². The van der Waals surface area contributed by atoms with E-state index in [2.05, 4.69) is 15.3 Å². The lowest BCUT2D eigenvalue weighted by molar-refractivity contribution is 0.0744. The van der Waals surface area contributed by atoms with Crippen molar-refractivity contribution in [3.8, 4) is 0 Å². The number of aromatic amines is 1. The molecule has 4 aromatic rings. The first-order valence-corrected chi connectivity index (χ1v) is 10.1. The van der Waals surface area contributed by atoms with Gasteiger partial charge in [-0.25, -0.2) is 9.49 Å². The summed E-state index contributed by atoms with van der Waals surface area (Å²) in [6.07, 6.45) is 2.30. The van der Waals surface area contributed by atoms with Crippen molar-refractivity contribution in [2.24, 2.45) is 0 Å². The molecule has 31 heavy (non-hydrogen) atoms. The molecule has 2 aromatic carbocycles. The summed E-state index contributed by atoms with van der Waals surface area (Å²) in [7, 11) is 0. The van der Waals surface area contributed by atoms with Crippen LogP contribution in [0.3, 0.4) is 0 Å². The zero-order valence-electron chi connectivity index (χ0n) is 16.9. The van der Waals surface area contributed by atoms with Gasteiger partial charge in [-0.2, -0.15) is 10.2 Å². The fraction of sp³-hybridized carbons (Fsp3) is 0.217. The largest absolute Gasteiger partial charge is 0.328 e. The Morgan fingerprint density at radius 3 is 2.74 bits per heavy atom. The second-order valence-electron chi connectivity index (χ2n) is 7.65. The molecule has 8 heteroatoms. The van der Waals surface area contributed by atoms with Crippen LogP contribution in [0.2, 0.25) is 0 Å². The molecule has 0 aliphatic carbocycles. The normalized spacial score (nSPS) is 13.0. The number of rotatable bonds is 4. The Hall–Kier alpha value is -3.81. The average Bonchev–Trinajstić information content (AvgIpc) is 3.36. The molecule has 0 bridgehead atoms. The Bertz CT molecular complexity index is 1350. The van der Waals surface area contributed by atoms with Gasteiger partial charge in [-0.05, 0) is 30.7 Å². The van der Waals surface area contributed by atoms with Gasteiger partial charge in [0.15, 0.2) is 0 Å². The average molecular weight is 417 g/mol. The maximum Gasteiger partial charge on any atom is 0.272 e. The topological polar surface area (TPSA) is 83.9 Å². The standard InChI is InChI=1S/C23H20FN5O2/c1-2-29-12-15-11-28(13-21(15)27-29)23(31)18-9-14(7-8-19(18)24)10-20-16-5-3-4-6-17(16)22(30)26-25-20/h3-9,12H,2,10-11,13H2,1H3,(H,26,30). The predicted octanol–water partition coefficient (Wildman–Crippen LogP) is 3.03. The summed E-state index contributed by atoms with van der Waals surface area (Å²) in [6, 6.07) is 11.7. The number of hydrogen-bond donors (Lipinski definition) is 1. The van der Waals surface area contributed by atoms with Gasteiger partial charge in [-0.15, -0.1) is 0 Å². The lowest BCUT2D eigenvalue weighted by Crippen LogP contribution is -2.27. The number of carbonyl (C=O) groups is 1. The van der Waals surface area contributed by atoms with Gasteiger partial charge in [-0.3, -0.25) is 14.3 Å². The van der Waals surface area contributed by atoms with Crippen molar-refractivity contribution in [1.82, 2.24) is 24.9 Å². The van der Waals surface area contributed by atoms with Crippen molar-refractivity contribution >= 4 is 16.7 Å². The molecule has 0 spiro atoms. The van der Waals surface area contributed by atoms with Gasteiger partial charge in [0.25, 0.3) is 11.5 Å². The number of amides is 1. The highest BCUT2D eigenvalue weighted by atomic mass is 19.1. The van der Waals surface area contributed by atoms with E-state index in [-0.39, 0.29) is 17.0 Å². The Morgan fingerprint density at radius 1 is 1.16 bits per heavy atom. The van der Waals surface area contributed by atoms with Gasteiger partial charge in [-0.1, -0.05) is 24.3 Å². The van der Waals surface area contributed by atoms with E-state index in [1.807, 2.05) is 29.9 Å². The van der Waals surface area contributed by atoms with Crippen molar-refractivity contribution in [2.45, 2.75) is 33.0 Å². The third-order valence-electron chi connectivity index (χ3n) is 5.65. The summed E-state index contributed by atoms with van der Waals surface area (Å²) in [5, 5.41) is 12.4. The van der Waals surface area contributed by atoms with Gasteiger partial charge < -0.3 is 4.90 Å². The minimum atomic E-state index is -0.559. The van der Waals surface area contributed by atoms with Crippen LogP contribution < -0.4 is 5.56 Å². The maximum absolute atomic E-state index is 14.6. The molecule has 0 fully saturated rings. The highest BCUT2D eigenvalue weighted by molar-refractivity contribution is 5.95. The number of aryl methyl sites for hydroxylation is 1. The molecule has 1 amide bonds. The second-order valence-corrected chi connectivity index (χ2v) is 7.65. The summed E-state index contributed by atoms with van der Waals surface area (Å²) >= 11 is 0. The molecule has 0 saturated carbocycles. The molecule has 5 rings (SSSR count). The Labute approximate surface area is 177 Å². The molecular formula is C23H20FN5O2. The molecule has 0 saturated heterocycles. The van der Waals surface area contributed by atoms with Gasteiger partial charge >= 0.3 is 0 Å². The van der Waals surface area contributed by atoms with Crippen molar-refractivity contribution in [1.29, 1.82) is 0 Å². The third kappa shape index (κ3) is 3.39. The molecule has 1 aliphatic heterocycles. The number of nitrogens with one attached hydrogen (secondary N) is 1. The van der Waals surface area contributed by atoms with Crippen LogP contribution in [0.25, 0.3) is 10.8 Å². The van der Waals surface area contributed by atoms with E-state index in [1.165, 1.54) is 6.07 Å². The molecule has 3 heterocycles. The highest BCUT2D eigenvalue weighted by Gasteiger charge is 2.28. The number of hydrogen-bond acceptors (Lipinski definition) is 4. The van der Waals surface area contributed by atoms with Crippen LogP contribution in [-0.2, 0) is 26.1 Å². The Morgan fingerprint density at radius 2 is 1.97 bits per heavy atom. The van der Waals surface area contributed by atoms with Gasteiger partial charge in [0.1, 0.15) is 5.82 Å². The summed E-state index contributed by atoms with van der Waals surface area (Å²) in [5.74, 6) is -0.920. The second kappa shape index (κ2) is 7.46. The monoisotopic (exact) mass is 417 g/mol. The van der Waals surface area contributed by atoms with Gasteiger partial charge in [0, 0.05) is 36.7 Å². The summed E-state index contributed by atoms with van der Waals surface area (Å²) in [4.78, 5) is 26.6. The molecular weight excluding hydrogens is 397 g/mol. The summed E-state index contributed by atoms with van der Waals surface area (Å²) in [5.41, 5.74) is 3.02. The fourth-order valence-electron chi connectivity index (χ4n) is 4.03.